The number of hydrogen-bond acceptors (Lipinski definition) is 8. The molecule has 0 bridgehead atoms. The molecule has 0 spiro atoms. The van der Waals surface area contributed by atoms with E-state index in [1.54, 1.807) is 36.9 Å². The van der Waals surface area contributed by atoms with Crippen molar-refractivity contribution in [2.75, 3.05) is 5.73 Å². The molecule has 3 N–H and O–H groups in total. The van der Waals surface area contributed by atoms with Crippen LogP contribution in [0.2, 0.25) is 0 Å². The maximum atomic E-state index is 14.6. The molecule has 4 rings (SSSR count). The van der Waals surface area contributed by atoms with Crippen LogP contribution in [0, 0.1) is 17.1 Å². The quantitative estimate of drug-likeness (QED) is 0.492. The van der Waals surface area contributed by atoms with Gasteiger partial charge in [0.2, 0.25) is 5.95 Å². The van der Waals surface area contributed by atoms with Crippen molar-refractivity contribution >= 4 is 5.95 Å². The van der Waals surface area contributed by atoms with Crippen LogP contribution in [0.25, 0.3) is 22.6 Å². The van der Waals surface area contributed by atoms with Gasteiger partial charge in [-0.1, -0.05) is 17.3 Å². The average molecular weight is 430 g/mol. The van der Waals surface area contributed by atoms with Crippen LogP contribution in [0.3, 0.4) is 0 Å². The van der Waals surface area contributed by atoms with Crippen molar-refractivity contribution in [3.63, 3.8) is 0 Å². The van der Waals surface area contributed by atoms with Crippen molar-refractivity contribution in [2.24, 2.45) is 0 Å². The van der Waals surface area contributed by atoms with E-state index >= 15 is 0 Å². The maximum Gasteiger partial charge on any atom is 0.221 e. The molecule has 0 radical (unpaired) electrons. The number of nitrogen functional groups attached to an aromatic ring is 1. The van der Waals surface area contributed by atoms with Gasteiger partial charge in [-0.3, -0.25) is 4.98 Å². The highest BCUT2D eigenvalue weighted by atomic mass is 19.1. The van der Waals surface area contributed by atoms with Gasteiger partial charge in [-0.25, -0.2) is 19.0 Å². The minimum absolute atomic E-state index is 0.0617. The van der Waals surface area contributed by atoms with Crippen LogP contribution in [0.4, 0.5) is 10.3 Å². The van der Waals surface area contributed by atoms with Crippen LogP contribution in [-0.4, -0.2) is 35.1 Å². The number of aromatic nitrogens is 6. The summed E-state index contributed by atoms with van der Waals surface area (Å²) in [5.74, 6) is -0.742. The largest absolute Gasteiger partial charge is 0.384 e. The van der Waals surface area contributed by atoms with Crippen LogP contribution in [0.1, 0.15) is 30.8 Å². The first kappa shape index (κ1) is 21.0. The lowest BCUT2D eigenvalue weighted by Crippen LogP contribution is -2.18. The SMILES string of the molecule is CC(C)(O)c1cccc(Cn2cc(-c3cc(-c4cccc(C#N)c4F)nc(N)n3)nn2)n1. The summed E-state index contributed by atoms with van der Waals surface area (Å²) in [6, 6.07) is 13.2. The smallest absolute Gasteiger partial charge is 0.221 e. The molecule has 0 aliphatic heterocycles. The molecule has 0 fully saturated rings. The Labute approximate surface area is 183 Å². The van der Waals surface area contributed by atoms with Crippen LogP contribution in [0.15, 0.2) is 48.7 Å². The Morgan fingerprint density at radius 3 is 2.59 bits per heavy atom. The molecule has 4 aromatic rings. The summed E-state index contributed by atoms with van der Waals surface area (Å²) in [6.07, 6.45) is 1.66. The van der Waals surface area contributed by atoms with E-state index in [4.69, 9.17) is 11.0 Å². The first-order chi connectivity index (χ1) is 15.2. The lowest BCUT2D eigenvalue weighted by Gasteiger charge is -2.17. The summed E-state index contributed by atoms with van der Waals surface area (Å²) in [4.78, 5) is 12.7. The molecule has 32 heavy (non-hydrogen) atoms. The fourth-order valence-electron chi connectivity index (χ4n) is 3.12. The van der Waals surface area contributed by atoms with Gasteiger partial charge in [0.25, 0.3) is 0 Å². The van der Waals surface area contributed by atoms with Crippen molar-refractivity contribution in [1.29, 1.82) is 5.26 Å². The zero-order chi connectivity index (χ0) is 22.9. The van der Waals surface area contributed by atoms with Crippen molar-refractivity contribution < 1.29 is 9.50 Å². The highest BCUT2D eigenvalue weighted by molar-refractivity contribution is 5.68. The fraction of sp³-hybridized carbons (Fsp3) is 0.182. The molecule has 0 atom stereocenters. The van der Waals surface area contributed by atoms with Crippen molar-refractivity contribution in [3.8, 4) is 28.7 Å². The predicted octanol–water partition coefficient (Wildman–Crippen LogP) is 2.67. The van der Waals surface area contributed by atoms with Gasteiger partial charge in [0.15, 0.2) is 0 Å². The van der Waals surface area contributed by atoms with Gasteiger partial charge >= 0.3 is 0 Å². The molecule has 0 saturated carbocycles. The summed E-state index contributed by atoms with van der Waals surface area (Å²) >= 11 is 0. The average Bonchev–Trinajstić information content (AvgIpc) is 3.21. The number of halogens is 1. The summed E-state index contributed by atoms with van der Waals surface area (Å²) < 4.78 is 16.2. The van der Waals surface area contributed by atoms with Crippen LogP contribution in [0.5, 0.6) is 0 Å². The Balaban J connectivity index is 1.65. The Kier molecular flexibility index (Phi) is 5.34. The maximum absolute atomic E-state index is 14.6. The number of nitriles is 1. The summed E-state index contributed by atoms with van der Waals surface area (Å²) in [5, 5.41) is 27.5. The van der Waals surface area contributed by atoms with Crippen molar-refractivity contribution in [3.05, 3.63) is 71.4 Å². The molecule has 0 unspecified atom stereocenters. The predicted molar refractivity (Wildman–Crippen MR) is 114 cm³/mol. The Morgan fingerprint density at radius 1 is 1.09 bits per heavy atom. The van der Waals surface area contributed by atoms with Crippen molar-refractivity contribution in [2.45, 2.75) is 26.0 Å². The normalized spacial score (nSPS) is 11.3. The van der Waals surface area contributed by atoms with Crippen LogP contribution >= 0.6 is 0 Å². The molecular formula is C22H19FN8O. The molecule has 0 aliphatic rings. The van der Waals surface area contributed by atoms with E-state index in [-0.39, 0.29) is 22.8 Å². The second kappa shape index (κ2) is 8.13. The number of pyridine rings is 1. The molecule has 0 amide bonds. The minimum Gasteiger partial charge on any atom is -0.384 e. The molecule has 3 aromatic heterocycles. The topological polar surface area (TPSA) is 139 Å². The van der Waals surface area contributed by atoms with Gasteiger partial charge < -0.3 is 10.8 Å². The van der Waals surface area contributed by atoms with Crippen molar-refractivity contribution in [1.82, 2.24) is 29.9 Å². The fourth-order valence-corrected chi connectivity index (χ4v) is 3.12. The second-order valence-corrected chi connectivity index (χ2v) is 7.65. The third kappa shape index (κ3) is 4.28. The highest BCUT2D eigenvalue weighted by Crippen LogP contribution is 2.27. The number of aliphatic hydroxyl groups is 1. The molecule has 9 nitrogen and oxygen atoms in total. The molecular weight excluding hydrogens is 411 g/mol. The first-order valence-electron chi connectivity index (χ1n) is 9.67. The molecule has 160 valence electrons. The minimum atomic E-state index is -1.06. The van der Waals surface area contributed by atoms with E-state index in [2.05, 4.69) is 25.3 Å². The number of benzene rings is 1. The van der Waals surface area contributed by atoms with Crippen LogP contribution < -0.4 is 5.73 Å². The summed E-state index contributed by atoms with van der Waals surface area (Å²) in [6.45, 7) is 3.65. The zero-order valence-electron chi connectivity index (χ0n) is 17.4. The third-order valence-corrected chi connectivity index (χ3v) is 4.70. The van der Waals surface area contributed by atoms with E-state index in [0.717, 1.165) is 0 Å². The monoisotopic (exact) mass is 430 g/mol. The number of hydrogen-bond donors (Lipinski definition) is 2. The second-order valence-electron chi connectivity index (χ2n) is 7.65. The molecule has 10 heteroatoms. The van der Waals surface area contributed by atoms with Crippen LogP contribution in [-0.2, 0) is 12.1 Å². The van der Waals surface area contributed by atoms with E-state index in [9.17, 15) is 9.50 Å². The van der Waals surface area contributed by atoms with E-state index < -0.39 is 11.4 Å². The standard InChI is InChI=1S/C22H19FN8O/c1-22(2,32)19-8-4-6-14(26-19)11-31-12-18(29-30-31)17-9-16(27-21(25)28-17)15-7-3-5-13(10-24)20(15)23/h3-9,12,32H,11H2,1-2H3,(H2,25,27,28). The Morgan fingerprint density at radius 2 is 1.84 bits per heavy atom. The molecule has 0 saturated heterocycles. The summed E-state index contributed by atoms with van der Waals surface area (Å²) in [7, 11) is 0. The molecule has 0 aliphatic carbocycles. The Hall–Kier alpha value is -4.23. The van der Waals surface area contributed by atoms with Gasteiger partial charge in [-0.15, -0.1) is 5.10 Å². The Bertz CT molecular complexity index is 1340. The van der Waals surface area contributed by atoms with E-state index in [1.807, 2.05) is 18.2 Å². The lowest BCUT2D eigenvalue weighted by molar-refractivity contribution is 0.0736. The zero-order valence-corrected chi connectivity index (χ0v) is 17.4. The highest BCUT2D eigenvalue weighted by Gasteiger charge is 2.18. The number of nitrogens with two attached hydrogens (primary N) is 1. The van der Waals surface area contributed by atoms with Gasteiger partial charge in [0.05, 0.1) is 41.1 Å². The van der Waals surface area contributed by atoms with Gasteiger partial charge in [-0.05, 0) is 44.2 Å². The van der Waals surface area contributed by atoms with Gasteiger partial charge in [0, 0.05) is 5.56 Å². The first-order valence-corrected chi connectivity index (χ1v) is 9.67. The number of anilines is 1. The molecule has 1 aromatic carbocycles. The van der Waals surface area contributed by atoms with E-state index in [1.165, 1.54) is 18.2 Å². The number of rotatable bonds is 5. The van der Waals surface area contributed by atoms with Gasteiger partial charge in [-0.2, -0.15) is 5.26 Å². The summed E-state index contributed by atoms with van der Waals surface area (Å²) in [5.41, 5.74) is 7.08. The molecule has 3 heterocycles. The number of nitrogens with zero attached hydrogens (tertiary/aromatic N) is 7. The third-order valence-electron chi connectivity index (χ3n) is 4.70. The van der Waals surface area contributed by atoms with E-state index in [0.29, 0.717) is 29.3 Å². The lowest BCUT2D eigenvalue weighted by atomic mass is 10.0. The van der Waals surface area contributed by atoms with Gasteiger partial charge in [0.1, 0.15) is 23.2 Å².